The number of amides is 1. The number of carbonyl (C=O) groups excluding carboxylic acids is 1. The molecule has 0 saturated heterocycles. The summed E-state index contributed by atoms with van der Waals surface area (Å²) in [5.74, 6) is -1.50. The molecule has 0 aliphatic carbocycles. The van der Waals surface area contributed by atoms with E-state index in [1.165, 1.54) is 12.1 Å². The number of carboxylic acid groups (broad SMARTS) is 1. The monoisotopic (exact) mass is 269 g/mol. The van der Waals surface area contributed by atoms with E-state index >= 15 is 0 Å². The predicted molar refractivity (Wildman–Crippen MR) is 68.5 cm³/mol. The third-order valence-corrected chi connectivity index (χ3v) is 4.31. The van der Waals surface area contributed by atoms with Crippen molar-refractivity contribution < 1.29 is 18.9 Å². The Hall–Kier alpha value is -1.69. The molecular weight excluding hydrogens is 254 g/mol. The largest absolute Gasteiger partial charge is 0.478 e. The van der Waals surface area contributed by atoms with E-state index < -0.39 is 27.9 Å². The van der Waals surface area contributed by atoms with Crippen molar-refractivity contribution in [3.63, 3.8) is 0 Å². The average molecular weight is 269 g/mol. The highest BCUT2D eigenvalue weighted by atomic mass is 32.2. The van der Waals surface area contributed by atoms with Gasteiger partial charge in [-0.1, -0.05) is 19.1 Å². The van der Waals surface area contributed by atoms with E-state index in [2.05, 4.69) is 0 Å². The normalized spacial score (nSPS) is 13.8. The molecular formula is C12H15NO4S. The second kappa shape index (κ2) is 6.30. The van der Waals surface area contributed by atoms with Crippen LogP contribution in [0.4, 0.5) is 0 Å². The van der Waals surface area contributed by atoms with Gasteiger partial charge in [-0.3, -0.25) is 9.00 Å². The Morgan fingerprint density at radius 3 is 2.61 bits per heavy atom. The van der Waals surface area contributed by atoms with Crippen LogP contribution in [0.5, 0.6) is 0 Å². The van der Waals surface area contributed by atoms with Crippen molar-refractivity contribution in [3.05, 3.63) is 35.4 Å². The van der Waals surface area contributed by atoms with Crippen molar-refractivity contribution in [1.29, 1.82) is 0 Å². The summed E-state index contributed by atoms with van der Waals surface area (Å²) in [6.07, 6.45) is 0.403. The number of aromatic carboxylic acids is 1. The Morgan fingerprint density at radius 2 is 2.11 bits per heavy atom. The molecule has 1 aromatic carbocycles. The van der Waals surface area contributed by atoms with Crippen LogP contribution in [0.1, 0.15) is 29.3 Å². The second-order valence-electron chi connectivity index (χ2n) is 3.83. The number of hydrogen-bond acceptors (Lipinski definition) is 3. The Kier molecular flexibility index (Phi) is 5.03. The zero-order valence-corrected chi connectivity index (χ0v) is 10.8. The third kappa shape index (κ3) is 3.66. The summed E-state index contributed by atoms with van der Waals surface area (Å²) in [6, 6.07) is 6.17. The lowest BCUT2D eigenvalue weighted by atomic mass is 10.1. The molecule has 6 heteroatoms. The molecule has 1 aromatic rings. The fraction of sp³-hybridized carbons (Fsp3) is 0.333. The highest BCUT2D eigenvalue weighted by Gasteiger charge is 2.20. The van der Waals surface area contributed by atoms with Crippen LogP contribution in [0.3, 0.4) is 0 Å². The molecule has 98 valence electrons. The molecule has 0 fully saturated rings. The molecule has 0 bridgehead atoms. The van der Waals surface area contributed by atoms with Crippen LogP contribution < -0.4 is 5.73 Å². The zero-order valence-electron chi connectivity index (χ0n) is 9.96. The molecule has 5 nitrogen and oxygen atoms in total. The maximum atomic E-state index is 11.9. The molecule has 0 aliphatic heterocycles. The minimum Gasteiger partial charge on any atom is -0.478 e. The zero-order chi connectivity index (χ0) is 13.7. The van der Waals surface area contributed by atoms with Gasteiger partial charge in [0.05, 0.1) is 5.56 Å². The van der Waals surface area contributed by atoms with E-state index in [4.69, 9.17) is 10.8 Å². The summed E-state index contributed by atoms with van der Waals surface area (Å²) in [6.45, 7) is 1.74. The number of carbonyl (C=O) groups is 2. The van der Waals surface area contributed by atoms with Crippen LogP contribution in [0.15, 0.2) is 24.3 Å². The van der Waals surface area contributed by atoms with Gasteiger partial charge in [0, 0.05) is 16.6 Å². The molecule has 2 atom stereocenters. The van der Waals surface area contributed by atoms with Gasteiger partial charge < -0.3 is 10.8 Å². The highest BCUT2D eigenvalue weighted by Crippen LogP contribution is 2.12. The molecule has 18 heavy (non-hydrogen) atoms. The van der Waals surface area contributed by atoms with Crippen molar-refractivity contribution in [2.45, 2.75) is 24.3 Å². The maximum Gasteiger partial charge on any atom is 0.335 e. The lowest BCUT2D eigenvalue weighted by Crippen LogP contribution is -2.32. The first-order chi connectivity index (χ1) is 8.45. The van der Waals surface area contributed by atoms with Crippen LogP contribution in [0, 0.1) is 0 Å². The van der Waals surface area contributed by atoms with Crippen LogP contribution >= 0.6 is 0 Å². The Bertz CT molecular complexity index is 487. The summed E-state index contributed by atoms with van der Waals surface area (Å²) in [5.41, 5.74) is 5.91. The van der Waals surface area contributed by atoms with Gasteiger partial charge in [-0.25, -0.2) is 4.79 Å². The smallest absolute Gasteiger partial charge is 0.335 e. The van der Waals surface area contributed by atoms with Crippen LogP contribution in [-0.4, -0.2) is 26.4 Å². The highest BCUT2D eigenvalue weighted by molar-refractivity contribution is 7.85. The minimum absolute atomic E-state index is 0.128. The molecule has 0 aliphatic rings. The molecule has 3 N–H and O–H groups in total. The van der Waals surface area contributed by atoms with Gasteiger partial charge in [-0.2, -0.15) is 0 Å². The number of nitrogens with two attached hydrogens (primary N) is 1. The molecule has 0 saturated carbocycles. The van der Waals surface area contributed by atoms with E-state index in [0.29, 0.717) is 12.0 Å². The van der Waals surface area contributed by atoms with E-state index in [-0.39, 0.29) is 11.3 Å². The van der Waals surface area contributed by atoms with Gasteiger partial charge in [0.25, 0.3) is 0 Å². The van der Waals surface area contributed by atoms with Gasteiger partial charge >= 0.3 is 5.97 Å². The summed E-state index contributed by atoms with van der Waals surface area (Å²) < 4.78 is 11.9. The number of hydrogen-bond donors (Lipinski definition) is 2. The summed E-state index contributed by atoms with van der Waals surface area (Å²) >= 11 is 0. The maximum absolute atomic E-state index is 11.9. The van der Waals surface area contributed by atoms with E-state index in [1.54, 1.807) is 19.1 Å². The average Bonchev–Trinajstić information content (AvgIpc) is 2.29. The second-order valence-corrected chi connectivity index (χ2v) is 5.45. The molecule has 2 unspecified atom stereocenters. The number of rotatable bonds is 6. The number of primary amides is 1. The Morgan fingerprint density at radius 1 is 1.44 bits per heavy atom. The van der Waals surface area contributed by atoms with Crippen molar-refractivity contribution >= 4 is 22.7 Å². The van der Waals surface area contributed by atoms with Crippen molar-refractivity contribution in [3.8, 4) is 0 Å². The molecule has 1 amide bonds. The fourth-order valence-corrected chi connectivity index (χ4v) is 2.92. The standard InChI is InChI=1S/C12H15NO4S/c1-2-10(11(13)14)18(17)7-8-4-3-5-9(6-8)12(15)16/h3-6,10H,2,7H2,1H3,(H2,13,14)(H,15,16). The Labute approximate surface area is 107 Å². The van der Waals surface area contributed by atoms with E-state index in [0.717, 1.165) is 0 Å². The van der Waals surface area contributed by atoms with Gasteiger partial charge in [0.2, 0.25) is 5.91 Å². The van der Waals surface area contributed by atoms with Crippen molar-refractivity contribution in [2.24, 2.45) is 5.73 Å². The molecule has 0 aromatic heterocycles. The number of carboxylic acids is 1. The van der Waals surface area contributed by atoms with E-state index in [9.17, 15) is 13.8 Å². The SMILES string of the molecule is CCC(C(N)=O)S(=O)Cc1cccc(C(=O)O)c1. The molecule has 0 heterocycles. The first-order valence-corrected chi connectivity index (χ1v) is 6.82. The Balaban J connectivity index is 2.84. The topological polar surface area (TPSA) is 97.5 Å². The van der Waals surface area contributed by atoms with Crippen LogP contribution in [0.25, 0.3) is 0 Å². The number of benzene rings is 1. The molecule has 0 spiro atoms. The third-order valence-electron chi connectivity index (χ3n) is 2.49. The summed E-state index contributed by atoms with van der Waals surface area (Å²) in [5, 5.41) is 8.14. The first-order valence-electron chi connectivity index (χ1n) is 5.44. The van der Waals surface area contributed by atoms with E-state index in [1.807, 2.05) is 0 Å². The molecule has 0 radical (unpaired) electrons. The fourth-order valence-electron chi connectivity index (χ4n) is 1.58. The minimum atomic E-state index is -1.43. The summed E-state index contributed by atoms with van der Waals surface area (Å²) in [7, 11) is -1.43. The van der Waals surface area contributed by atoms with Gasteiger partial charge in [-0.15, -0.1) is 0 Å². The van der Waals surface area contributed by atoms with Crippen molar-refractivity contribution in [1.82, 2.24) is 0 Å². The van der Waals surface area contributed by atoms with Gasteiger partial charge in [0.1, 0.15) is 5.25 Å². The first kappa shape index (κ1) is 14.4. The summed E-state index contributed by atoms with van der Waals surface area (Å²) in [4.78, 5) is 21.9. The lowest BCUT2D eigenvalue weighted by Gasteiger charge is -2.10. The molecule has 1 rings (SSSR count). The van der Waals surface area contributed by atoms with Crippen molar-refractivity contribution in [2.75, 3.05) is 0 Å². The lowest BCUT2D eigenvalue weighted by molar-refractivity contribution is -0.117. The van der Waals surface area contributed by atoms with Gasteiger partial charge in [-0.05, 0) is 24.1 Å². The van der Waals surface area contributed by atoms with Crippen LogP contribution in [-0.2, 0) is 21.3 Å². The predicted octanol–water partition coefficient (Wildman–Crippen LogP) is 0.897. The van der Waals surface area contributed by atoms with Crippen LogP contribution in [0.2, 0.25) is 0 Å². The van der Waals surface area contributed by atoms with Gasteiger partial charge in [0.15, 0.2) is 0 Å². The quantitative estimate of drug-likeness (QED) is 0.801.